The number of halogens is 2. The Labute approximate surface area is 133 Å². The Kier molecular flexibility index (Phi) is 4.59. The molecule has 4 nitrogen and oxygen atoms in total. The van der Waals surface area contributed by atoms with Crippen molar-refractivity contribution in [3.63, 3.8) is 0 Å². The maximum absolute atomic E-state index is 12.0. The van der Waals surface area contributed by atoms with Gasteiger partial charge in [0, 0.05) is 5.56 Å². The first kappa shape index (κ1) is 15.9. The van der Waals surface area contributed by atoms with Crippen molar-refractivity contribution >= 4 is 35.0 Å². The highest BCUT2D eigenvalue weighted by molar-refractivity contribution is 6.55. The third kappa shape index (κ3) is 3.57. The molecule has 0 aliphatic heterocycles. The van der Waals surface area contributed by atoms with Crippen molar-refractivity contribution in [2.24, 2.45) is 28.1 Å². The highest BCUT2D eigenvalue weighted by atomic mass is 35.5. The van der Waals surface area contributed by atoms with E-state index in [0.717, 1.165) is 0 Å². The van der Waals surface area contributed by atoms with Crippen molar-refractivity contribution in [2.45, 2.75) is 13.8 Å². The Morgan fingerprint density at radius 2 is 1.95 bits per heavy atom. The van der Waals surface area contributed by atoms with E-state index in [9.17, 15) is 4.79 Å². The van der Waals surface area contributed by atoms with Crippen LogP contribution in [0.3, 0.4) is 0 Å². The second-order valence-electron chi connectivity index (χ2n) is 5.53. The summed E-state index contributed by atoms with van der Waals surface area (Å²) in [6.45, 7) is 3.89. The molecular weight excluding hydrogens is 311 g/mol. The smallest absolute Gasteiger partial charge is 0.339 e. The summed E-state index contributed by atoms with van der Waals surface area (Å²) in [4.78, 5) is 17.0. The van der Waals surface area contributed by atoms with E-state index < -0.39 is 5.97 Å². The molecule has 1 aliphatic carbocycles. The van der Waals surface area contributed by atoms with Crippen LogP contribution in [0.4, 0.5) is 0 Å². The van der Waals surface area contributed by atoms with Gasteiger partial charge in [0.25, 0.3) is 0 Å². The second-order valence-corrected chi connectivity index (χ2v) is 6.54. The highest BCUT2D eigenvalue weighted by Gasteiger charge is 2.62. The van der Waals surface area contributed by atoms with Gasteiger partial charge in [0.2, 0.25) is 0 Å². The molecule has 2 N–H and O–H groups in total. The molecule has 0 amide bonds. The van der Waals surface area contributed by atoms with Crippen LogP contribution in [0.1, 0.15) is 19.4 Å². The van der Waals surface area contributed by atoms with E-state index in [1.165, 1.54) is 0 Å². The number of allylic oxidation sites excluding steroid dienone is 1. The van der Waals surface area contributed by atoms with Crippen LogP contribution in [0.15, 0.2) is 46.1 Å². The fourth-order valence-electron chi connectivity index (χ4n) is 2.39. The SMILES string of the molecule is CC1(C)[C@H](C(=O)O/N=C(/N)c2ccccc2)[C@@H]1C=C(Cl)Cl. The van der Waals surface area contributed by atoms with Crippen molar-refractivity contribution in [3.05, 3.63) is 46.5 Å². The predicted molar refractivity (Wildman–Crippen MR) is 83.8 cm³/mol. The van der Waals surface area contributed by atoms with Gasteiger partial charge in [-0.05, 0) is 17.4 Å². The molecule has 1 fully saturated rings. The number of nitrogens with zero attached hydrogens (tertiary/aromatic N) is 1. The number of benzene rings is 1. The number of carbonyl (C=O) groups excluding carboxylic acids is 1. The molecular formula is C15H16Cl2N2O2. The van der Waals surface area contributed by atoms with Gasteiger partial charge in [-0.15, -0.1) is 0 Å². The molecule has 0 heterocycles. The molecule has 2 atom stereocenters. The molecule has 0 radical (unpaired) electrons. The average molecular weight is 327 g/mol. The topological polar surface area (TPSA) is 64.7 Å². The minimum absolute atomic E-state index is 0.0526. The van der Waals surface area contributed by atoms with Crippen molar-refractivity contribution < 1.29 is 9.63 Å². The number of amidine groups is 1. The largest absolute Gasteiger partial charge is 0.380 e. The van der Waals surface area contributed by atoms with Gasteiger partial charge in [-0.1, -0.05) is 72.5 Å². The highest BCUT2D eigenvalue weighted by Crippen LogP contribution is 2.60. The Bertz CT molecular complexity index is 593. The molecule has 0 unspecified atom stereocenters. The summed E-state index contributed by atoms with van der Waals surface area (Å²) < 4.78 is 0.149. The first-order chi connectivity index (χ1) is 9.84. The van der Waals surface area contributed by atoms with E-state index in [2.05, 4.69) is 5.16 Å². The lowest BCUT2D eigenvalue weighted by Gasteiger charge is -2.02. The molecule has 0 aromatic heterocycles. The number of nitrogens with two attached hydrogens (primary N) is 1. The van der Waals surface area contributed by atoms with Gasteiger partial charge in [-0.2, -0.15) is 0 Å². The van der Waals surface area contributed by atoms with Crippen LogP contribution in [-0.2, 0) is 9.63 Å². The van der Waals surface area contributed by atoms with E-state index in [1.807, 2.05) is 32.0 Å². The molecule has 1 aromatic rings. The standard InChI is InChI=1S/C15H16Cl2N2O2/c1-15(2)10(8-11(16)17)12(15)14(20)21-19-13(18)9-6-4-3-5-7-9/h3-8,10,12H,1-2H3,(H2,18,19)/t10-,12-/m0/s1. The van der Waals surface area contributed by atoms with Crippen molar-refractivity contribution in [1.82, 2.24) is 0 Å². The minimum Gasteiger partial charge on any atom is -0.380 e. The summed E-state index contributed by atoms with van der Waals surface area (Å²) in [5, 5.41) is 3.69. The lowest BCUT2D eigenvalue weighted by Crippen LogP contribution is -2.16. The maximum atomic E-state index is 12.0. The van der Waals surface area contributed by atoms with Crippen LogP contribution in [-0.4, -0.2) is 11.8 Å². The zero-order chi connectivity index (χ0) is 15.6. The molecule has 21 heavy (non-hydrogen) atoms. The second kappa shape index (κ2) is 6.08. The van der Waals surface area contributed by atoms with E-state index in [4.69, 9.17) is 33.8 Å². The van der Waals surface area contributed by atoms with E-state index in [-0.39, 0.29) is 27.6 Å². The molecule has 0 bridgehead atoms. The number of oxime groups is 1. The Morgan fingerprint density at radius 3 is 2.52 bits per heavy atom. The third-order valence-corrected chi connectivity index (χ3v) is 4.03. The minimum atomic E-state index is -0.435. The summed E-state index contributed by atoms with van der Waals surface area (Å²) in [7, 11) is 0. The zero-order valence-electron chi connectivity index (χ0n) is 11.7. The van der Waals surface area contributed by atoms with Crippen LogP contribution in [0, 0.1) is 17.3 Å². The quantitative estimate of drug-likeness (QED) is 0.399. The number of carbonyl (C=O) groups is 1. The fraction of sp³-hybridized carbons (Fsp3) is 0.333. The van der Waals surface area contributed by atoms with Crippen LogP contribution in [0.2, 0.25) is 0 Å². The summed E-state index contributed by atoms with van der Waals surface area (Å²) in [6, 6.07) is 9.08. The summed E-state index contributed by atoms with van der Waals surface area (Å²) >= 11 is 11.3. The molecule has 1 aliphatic rings. The molecule has 1 aromatic carbocycles. The van der Waals surface area contributed by atoms with Crippen LogP contribution in [0.25, 0.3) is 0 Å². The van der Waals surface area contributed by atoms with Crippen LogP contribution >= 0.6 is 23.2 Å². The molecule has 1 saturated carbocycles. The van der Waals surface area contributed by atoms with Gasteiger partial charge < -0.3 is 10.6 Å². The van der Waals surface area contributed by atoms with E-state index in [0.29, 0.717) is 5.56 Å². The van der Waals surface area contributed by atoms with Crippen LogP contribution < -0.4 is 5.73 Å². The fourth-order valence-corrected chi connectivity index (χ4v) is 2.66. The summed E-state index contributed by atoms with van der Waals surface area (Å²) in [5.74, 6) is -0.653. The maximum Gasteiger partial charge on any atom is 0.339 e. The van der Waals surface area contributed by atoms with Crippen LogP contribution in [0.5, 0.6) is 0 Å². The van der Waals surface area contributed by atoms with E-state index >= 15 is 0 Å². The number of hydrogen-bond donors (Lipinski definition) is 1. The van der Waals surface area contributed by atoms with Gasteiger partial charge >= 0.3 is 5.97 Å². The first-order valence-corrected chi connectivity index (χ1v) is 7.22. The normalized spacial score (nSPS) is 23.3. The third-order valence-electron chi connectivity index (χ3n) is 3.77. The lowest BCUT2D eigenvalue weighted by molar-refractivity contribution is -0.146. The monoisotopic (exact) mass is 326 g/mol. The van der Waals surface area contributed by atoms with Crippen molar-refractivity contribution in [1.29, 1.82) is 0 Å². The number of hydrogen-bond acceptors (Lipinski definition) is 3. The summed E-state index contributed by atoms with van der Waals surface area (Å²) in [5.41, 5.74) is 6.21. The Morgan fingerprint density at radius 1 is 1.33 bits per heavy atom. The van der Waals surface area contributed by atoms with Crippen molar-refractivity contribution in [3.8, 4) is 0 Å². The van der Waals surface area contributed by atoms with E-state index in [1.54, 1.807) is 18.2 Å². The molecule has 0 saturated heterocycles. The Balaban J connectivity index is 2.02. The summed E-state index contributed by atoms with van der Waals surface area (Å²) in [6.07, 6.45) is 1.65. The molecule has 6 heteroatoms. The van der Waals surface area contributed by atoms with Gasteiger partial charge in [0.15, 0.2) is 5.84 Å². The van der Waals surface area contributed by atoms with Gasteiger partial charge in [0.1, 0.15) is 4.49 Å². The molecule has 0 spiro atoms. The van der Waals surface area contributed by atoms with Gasteiger partial charge in [-0.3, -0.25) is 0 Å². The molecule has 2 rings (SSSR count). The van der Waals surface area contributed by atoms with Gasteiger partial charge in [0.05, 0.1) is 5.92 Å². The first-order valence-electron chi connectivity index (χ1n) is 6.46. The van der Waals surface area contributed by atoms with Gasteiger partial charge in [-0.25, -0.2) is 4.79 Å². The molecule has 112 valence electrons. The lowest BCUT2D eigenvalue weighted by atomic mass is 10.1. The zero-order valence-corrected chi connectivity index (χ0v) is 13.2. The van der Waals surface area contributed by atoms with Crippen molar-refractivity contribution in [2.75, 3.05) is 0 Å². The number of rotatable bonds is 4. The Hall–Kier alpha value is -1.52. The predicted octanol–water partition coefficient (Wildman–Crippen LogP) is 3.44. The average Bonchev–Trinajstić information content (AvgIpc) is 2.97.